The van der Waals surface area contributed by atoms with Crippen LogP contribution in [0.1, 0.15) is 10.4 Å². The number of carboxylic acids is 1. The normalized spacial score (nSPS) is 12.8. The van der Waals surface area contributed by atoms with Crippen molar-refractivity contribution in [2.75, 3.05) is 6.61 Å². The number of halogens is 5. The summed E-state index contributed by atoms with van der Waals surface area (Å²) in [5, 5.41) is 20.1. The smallest absolute Gasteiger partial charge is 0.400 e. The van der Waals surface area contributed by atoms with E-state index in [-0.39, 0.29) is 5.56 Å². The first-order valence-electron chi connectivity index (χ1n) is 5.16. The van der Waals surface area contributed by atoms with Gasteiger partial charge in [0.05, 0.1) is 9.54 Å². The number of carbonyl (C=O) groups excluding carboxylic acids is 2. The van der Waals surface area contributed by atoms with Crippen LogP contribution < -0.4 is 5.11 Å². The standard InChI is InChI=1S/C11H7F3I2O5/c12-11(13,14)6(9(18)19)3-21-10(20)5-1-4(15)2-7(16)8(5)17/h1-2,6,17H,3H2,(H,18,19)/p-1. The highest BCUT2D eigenvalue weighted by Crippen LogP contribution is 2.29. The van der Waals surface area contributed by atoms with Crippen molar-refractivity contribution < 1.29 is 37.7 Å². The molecular weight excluding hydrogens is 523 g/mol. The number of ether oxygens (including phenoxy) is 1. The van der Waals surface area contributed by atoms with Crippen LogP contribution in [0, 0.1) is 13.1 Å². The quantitative estimate of drug-likeness (QED) is 0.475. The minimum absolute atomic E-state index is 0.304. The van der Waals surface area contributed by atoms with Crippen LogP contribution in [-0.2, 0) is 9.53 Å². The van der Waals surface area contributed by atoms with E-state index in [1.807, 2.05) is 22.6 Å². The van der Waals surface area contributed by atoms with Crippen LogP contribution in [0.4, 0.5) is 13.2 Å². The number of hydrogen-bond acceptors (Lipinski definition) is 5. The van der Waals surface area contributed by atoms with E-state index in [1.165, 1.54) is 12.1 Å². The van der Waals surface area contributed by atoms with Crippen LogP contribution in [0.3, 0.4) is 0 Å². The molecule has 0 saturated heterocycles. The zero-order valence-corrected chi connectivity index (χ0v) is 14.2. The summed E-state index contributed by atoms with van der Waals surface area (Å²) in [4.78, 5) is 22.1. The van der Waals surface area contributed by atoms with Gasteiger partial charge in [0.1, 0.15) is 23.8 Å². The van der Waals surface area contributed by atoms with Crippen molar-refractivity contribution in [2.45, 2.75) is 6.18 Å². The predicted octanol–water partition coefficient (Wildman–Crippen LogP) is 1.69. The van der Waals surface area contributed by atoms with Gasteiger partial charge in [0.15, 0.2) is 0 Å². The third-order valence-electron chi connectivity index (χ3n) is 2.31. The van der Waals surface area contributed by atoms with E-state index in [9.17, 15) is 33.0 Å². The Hall–Kier alpha value is -0.790. The van der Waals surface area contributed by atoms with E-state index in [0.29, 0.717) is 7.14 Å². The van der Waals surface area contributed by atoms with Crippen LogP contribution >= 0.6 is 45.2 Å². The number of rotatable bonds is 4. The first-order valence-corrected chi connectivity index (χ1v) is 7.32. The van der Waals surface area contributed by atoms with Crippen LogP contribution in [0.5, 0.6) is 5.75 Å². The third-order valence-corrected chi connectivity index (χ3v) is 3.75. The minimum atomic E-state index is -5.10. The lowest BCUT2D eigenvalue weighted by Gasteiger charge is -2.20. The van der Waals surface area contributed by atoms with Crippen LogP contribution in [0.25, 0.3) is 0 Å². The molecule has 1 aromatic rings. The largest absolute Gasteiger partial charge is 0.549 e. The molecular formula is C11H6F3I2O5-. The van der Waals surface area contributed by atoms with Gasteiger partial charge in [0, 0.05) is 3.57 Å². The van der Waals surface area contributed by atoms with Crippen molar-refractivity contribution in [3.63, 3.8) is 0 Å². The fourth-order valence-electron chi connectivity index (χ4n) is 1.25. The van der Waals surface area contributed by atoms with Crippen LogP contribution in [0.2, 0.25) is 0 Å². The molecule has 1 N–H and O–H groups in total. The summed E-state index contributed by atoms with van der Waals surface area (Å²) in [6.45, 7) is -1.42. The zero-order chi connectivity index (χ0) is 16.4. The molecule has 0 aliphatic heterocycles. The molecule has 10 heteroatoms. The fourth-order valence-corrected chi connectivity index (χ4v) is 3.10. The second kappa shape index (κ2) is 6.98. The van der Waals surface area contributed by atoms with Gasteiger partial charge in [-0.15, -0.1) is 0 Å². The van der Waals surface area contributed by atoms with E-state index < -0.39 is 36.4 Å². The Labute approximate surface area is 143 Å². The van der Waals surface area contributed by atoms with Gasteiger partial charge in [-0.2, -0.15) is 13.2 Å². The lowest BCUT2D eigenvalue weighted by atomic mass is 10.1. The molecule has 0 bridgehead atoms. The van der Waals surface area contributed by atoms with E-state index in [4.69, 9.17) is 0 Å². The summed E-state index contributed by atoms with van der Waals surface area (Å²) < 4.78 is 42.3. The van der Waals surface area contributed by atoms with Crippen molar-refractivity contribution in [1.82, 2.24) is 0 Å². The summed E-state index contributed by atoms with van der Waals surface area (Å²) >= 11 is 3.57. The number of benzene rings is 1. The van der Waals surface area contributed by atoms with Crippen molar-refractivity contribution in [3.05, 3.63) is 24.8 Å². The van der Waals surface area contributed by atoms with E-state index in [2.05, 4.69) is 4.74 Å². The minimum Gasteiger partial charge on any atom is -0.549 e. The molecule has 5 nitrogen and oxygen atoms in total. The summed E-state index contributed by atoms with van der Waals surface area (Å²) in [7, 11) is 0. The Morgan fingerprint density at radius 2 is 1.90 bits per heavy atom. The SMILES string of the molecule is O=C(OCC(C(=O)[O-])C(F)(F)F)c1cc(I)cc(I)c1O. The van der Waals surface area contributed by atoms with Gasteiger partial charge < -0.3 is 19.7 Å². The number of hydrogen-bond donors (Lipinski definition) is 1. The van der Waals surface area contributed by atoms with Crippen molar-refractivity contribution in [3.8, 4) is 5.75 Å². The Kier molecular flexibility index (Phi) is 6.07. The Morgan fingerprint density at radius 3 is 2.38 bits per heavy atom. The average Bonchev–Trinajstić information content (AvgIpc) is 2.31. The molecule has 0 fully saturated rings. The monoisotopic (exact) mass is 529 g/mol. The number of carboxylic acid groups (broad SMARTS) is 1. The number of carbonyl (C=O) groups is 2. The number of phenols is 1. The first kappa shape index (κ1) is 18.3. The van der Waals surface area contributed by atoms with Gasteiger partial charge in [0.25, 0.3) is 0 Å². The van der Waals surface area contributed by atoms with Crippen LogP contribution in [0.15, 0.2) is 12.1 Å². The number of phenolic OH excluding ortho intramolecular Hbond substituents is 1. The molecule has 116 valence electrons. The summed E-state index contributed by atoms with van der Waals surface area (Å²) in [6, 6.07) is 2.74. The average molecular weight is 529 g/mol. The molecule has 1 unspecified atom stereocenters. The number of aromatic hydroxyl groups is 1. The number of alkyl halides is 3. The highest BCUT2D eigenvalue weighted by Gasteiger charge is 2.41. The maximum Gasteiger partial charge on any atom is 0.400 e. The highest BCUT2D eigenvalue weighted by molar-refractivity contribution is 14.1. The van der Waals surface area contributed by atoms with Crippen LogP contribution in [-0.4, -0.2) is 29.8 Å². The summed E-state index contributed by atoms with van der Waals surface area (Å²) in [5.41, 5.74) is -0.342. The van der Waals surface area contributed by atoms with Gasteiger partial charge in [0.2, 0.25) is 0 Å². The Balaban J connectivity index is 2.90. The van der Waals surface area contributed by atoms with Crippen molar-refractivity contribution >= 4 is 57.1 Å². The lowest BCUT2D eigenvalue weighted by molar-refractivity contribution is -0.327. The second-order valence-corrected chi connectivity index (χ2v) is 6.20. The second-order valence-electron chi connectivity index (χ2n) is 3.80. The first-order chi connectivity index (χ1) is 9.54. The Morgan fingerprint density at radius 1 is 1.33 bits per heavy atom. The molecule has 1 aromatic carbocycles. The molecule has 0 heterocycles. The fraction of sp³-hybridized carbons (Fsp3) is 0.273. The van der Waals surface area contributed by atoms with Crippen molar-refractivity contribution in [1.29, 1.82) is 0 Å². The molecule has 0 spiro atoms. The molecule has 0 amide bonds. The molecule has 0 saturated carbocycles. The molecule has 21 heavy (non-hydrogen) atoms. The van der Waals surface area contributed by atoms with E-state index in [1.54, 1.807) is 22.6 Å². The summed E-state index contributed by atoms with van der Waals surface area (Å²) in [5.74, 6) is -7.01. The van der Waals surface area contributed by atoms with E-state index in [0.717, 1.165) is 0 Å². The molecule has 0 radical (unpaired) electrons. The van der Waals surface area contributed by atoms with Gasteiger partial charge in [-0.25, -0.2) is 4.79 Å². The third kappa shape index (κ3) is 4.86. The molecule has 0 aliphatic rings. The van der Waals surface area contributed by atoms with Gasteiger partial charge in [-0.3, -0.25) is 0 Å². The van der Waals surface area contributed by atoms with Gasteiger partial charge in [-0.05, 0) is 57.3 Å². The van der Waals surface area contributed by atoms with E-state index >= 15 is 0 Å². The molecule has 1 atom stereocenters. The van der Waals surface area contributed by atoms with Gasteiger partial charge >= 0.3 is 12.1 Å². The Bertz CT molecular complexity index is 574. The maximum absolute atomic E-state index is 12.4. The zero-order valence-electron chi connectivity index (χ0n) is 9.91. The lowest BCUT2D eigenvalue weighted by Crippen LogP contribution is -2.43. The molecule has 0 aromatic heterocycles. The maximum atomic E-state index is 12.4. The summed E-state index contributed by atoms with van der Waals surface area (Å²) in [6.07, 6.45) is -5.10. The highest BCUT2D eigenvalue weighted by atomic mass is 127. The molecule has 0 aliphatic carbocycles. The van der Waals surface area contributed by atoms with Crippen molar-refractivity contribution in [2.24, 2.45) is 5.92 Å². The predicted molar refractivity (Wildman–Crippen MR) is 78.4 cm³/mol. The van der Waals surface area contributed by atoms with Gasteiger partial charge in [-0.1, -0.05) is 0 Å². The topological polar surface area (TPSA) is 86.7 Å². The number of aliphatic carboxylic acids is 1. The molecule has 1 rings (SSSR count). The number of esters is 1.